The molecule has 0 N–H and O–H groups in total. The summed E-state index contributed by atoms with van der Waals surface area (Å²) in [7, 11) is 0. The molecule has 0 aliphatic rings. The Hall–Kier alpha value is -1.87. The van der Waals surface area contributed by atoms with Crippen LogP contribution in [0.1, 0.15) is 5.56 Å². The predicted octanol–water partition coefficient (Wildman–Crippen LogP) is 4.33. The molecule has 19 heavy (non-hydrogen) atoms. The van der Waals surface area contributed by atoms with Crippen LogP contribution < -0.4 is 0 Å². The molecule has 0 unspecified atom stereocenters. The molecule has 0 atom stereocenters. The third-order valence-electron chi connectivity index (χ3n) is 3.21. The number of nitrogens with zero attached hydrogens (tertiary/aromatic N) is 2. The van der Waals surface area contributed by atoms with Crippen molar-refractivity contribution in [3.63, 3.8) is 0 Å². The van der Waals surface area contributed by atoms with Gasteiger partial charge in [0.2, 0.25) is 0 Å². The van der Waals surface area contributed by atoms with Gasteiger partial charge in [-0.1, -0.05) is 18.2 Å². The maximum atomic E-state index is 4.39. The minimum absolute atomic E-state index is 0.944. The topological polar surface area (TPSA) is 25.8 Å². The lowest BCUT2D eigenvalue weighted by atomic mass is 9.99. The molecule has 3 aromatic rings. The summed E-state index contributed by atoms with van der Waals surface area (Å²) in [6, 6.07) is 12.7. The Labute approximate surface area is 116 Å². The Bertz CT molecular complexity index is 738. The van der Waals surface area contributed by atoms with E-state index in [2.05, 4.69) is 59.5 Å². The molecule has 3 rings (SSSR count). The van der Waals surface area contributed by atoms with Crippen molar-refractivity contribution in [2.75, 3.05) is 6.26 Å². The average molecular weight is 266 g/mol. The molecule has 1 heterocycles. The van der Waals surface area contributed by atoms with Crippen LogP contribution in [0.5, 0.6) is 0 Å². The van der Waals surface area contributed by atoms with Gasteiger partial charge >= 0.3 is 0 Å². The molecule has 1 aromatic heterocycles. The van der Waals surface area contributed by atoms with Gasteiger partial charge in [0.1, 0.15) is 0 Å². The molecule has 3 heteroatoms. The quantitative estimate of drug-likeness (QED) is 0.646. The first-order valence-corrected chi connectivity index (χ1v) is 7.37. The molecule has 0 saturated heterocycles. The Morgan fingerprint density at radius 1 is 0.895 bits per heavy atom. The number of aromatic nitrogens is 2. The van der Waals surface area contributed by atoms with Crippen LogP contribution in [0.4, 0.5) is 0 Å². The van der Waals surface area contributed by atoms with Crippen molar-refractivity contribution in [2.45, 2.75) is 11.8 Å². The first-order valence-electron chi connectivity index (χ1n) is 6.14. The normalized spacial score (nSPS) is 10.8. The second kappa shape index (κ2) is 5.02. The molecule has 2 nitrogen and oxygen atoms in total. The highest BCUT2D eigenvalue weighted by Crippen LogP contribution is 2.33. The molecule has 0 radical (unpaired) electrons. The minimum Gasteiger partial charge on any atom is -0.253 e. The zero-order valence-corrected chi connectivity index (χ0v) is 11.7. The number of rotatable bonds is 2. The molecule has 0 aliphatic heterocycles. The maximum Gasteiger partial charge on any atom is 0.0893 e. The fourth-order valence-electron chi connectivity index (χ4n) is 2.27. The number of benzene rings is 2. The van der Waals surface area contributed by atoms with Gasteiger partial charge in [0, 0.05) is 17.3 Å². The van der Waals surface area contributed by atoms with Gasteiger partial charge in [0.15, 0.2) is 0 Å². The second-order valence-electron chi connectivity index (χ2n) is 4.41. The van der Waals surface area contributed by atoms with Crippen LogP contribution >= 0.6 is 11.8 Å². The zero-order chi connectivity index (χ0) is 13.2. The molecule has 0 amide bonds. The van der Waals surface area contributed by atoms with E-state index in [1.165, 1.54) is 21.6 Å². The summed E-state index contributed by atoms with van der Waals surface area (Å²) in [5.74, 6) is 0. The van der Waals surface area contributed by atoms with Crippen LogP contribution in [0, 0.1) is 6.92 Å². The monoisotopic (exact) mass is 266 g/mol. The van der Waals surface area contributed by atoms with Crippen LogP contribution in [0.3, 0.4) is 0 Å². The fourth-order valence-corrected chi connectivity index (χ4v) is 2.89. The molecule has 2 aromatic carbocycles. The molecule has 0 spiro atoms. The Kier molecular flexibility index (Phi) is 3.22. The number of aryl methyl sites for hydroxylation is 1. The maximum absolute atomic E-state index is 4.39. The van der Waals surface area contributed by atoms with Gasteiger partial charge in [-0.2, -0.15) is 0 Å². The number of thioether (sulfide) groups is 1. The van der Waals surface area contributed by atoms with E-state index in [1.54, 1.807) is 24.2 Å². The summed E-state index contributed by atoms with van der Waals surface area (Å²) < 4.78 is 0. The van der Waals surface area contributed by atoms with E-state index in [0.29, 0.717) is 0 Å². The first-order chi connectivity index (χ1) is 9.29. The smallest absolute Gasteiger partial charge is 0.0893 e. The number of hydrogen-bond donors (Lipinski definition) is 0. The van der Waals surface area contributed by atoms with Crippen molar-refractivity contribution >= 4 is 22.8 Å². The summed E-state index contributed by atoms with van der Waals surface area (Å²) >= 11 is 1.77. The SMILES string of the molecule is CSc1ccccc1-c1cc2nccnc2cc1C. The van der Waals surface area contributed by atoms with Crippen molar-refractivity contribution in [3.8, 4) is 11.1 Å². The second-order valence-corrected chi connectivity index (χ2v) is 5.26. The minimum atomic E-state index is 0.944. The van der Waals surface area contributed by atoms with Gasteiger partial charge in [0.25, 0.3) is 0 Å². The summed E-state index contributed by atoms with van der Waals surface area (Å²) in [5.41, 5.74) is 5.62. The largest absolute Gasteiger partial charge is 0.253 e. The van der Waals surface area contributed by atoms with E-state index < -0.39 is 0 Å². The Morgan fingerprint density at radius 2 is 1.58 bits per heavy atom. The van der Waals surface area contributed by atoms with E-state index in [-0.39, 0.29) is 0 Å². The van der Waals surface area contributed by atoms with Crippen molar-refractivity contribution in [2.24, 2.45) is 0 Å². The van der Waals surface area contributed by atoms with E-state index in [1.807, 2.05) is 0 Å². The average Bonchev–Trinajstić information content (AvgIpc) is 2.46. The molecular formula is C16H14N2S. The highest BCUT2D eigenvalue weighted by molar-refractivity contribution is 7.98. The Balaban J connectivity index is 2.27. The highest BCUT2D eigenvalue weighted by Gasteiger charge is 2.08. The molecular weight excluding hydrogens is 252 g/mol. The number of hydrogen-bond acceptors (Lipinski definition) is 3. The third-order valence-corrected chi connectivity index (χ3v) is 4.01. The lowest BCUT2D eigenvalue weighted by Crippen LogP contribution is -1.89. The summed E-state index contributed by atoms with van der Waals surface area (Å²) in [4.78, 5) is 10.0. The third kappa shape index (κ3) is 2.22. The zero-order valence-electron chi connectivity index (χ0n) is 10.9. The summed E-state index contributed by atoms with van der Waals surface area (Å²) in [6.07, 6.45) is 5.58. The number of fused-ring (bicyclic) bond motifs is 1. The van der Waals surface area contributed by atoms with Gasteiger partial charge in [-0.05, 0) is 48.1 Å². The van der Waals surface area contributed by atoms with Gasteiger partial charge in [-0.15, -0.1) is 11.8 Å². The van der Waals surface area contributed by atoms with Crippen molar-refractivity contribution < 1.29 is 0 Å². The molecule has 0 fully saturated rings. The van der Waals surface area contributed by atoms with E-state index in [4.69, 9.17) is 0 Å². The van der Waals surface area contributed by atoms with Crippen molar-refractivity contribution in [3.05, 3.63) is 54.4 Å². The van der Waals surface area contributed by atoms with E-state index in [0.717, 1.165) is 11.0 Å². The van der Waals surface area contributed by atoms with Gasteiger partial charge in [-0.25, -0.2) is 0 Å². The molecule has 0 bridgehead atoms. The molecule has 0 aliphatic carbocycles. The summed E-state index contributed by atoms with van der Waals surface area (Å²) in [5, 5.41) is 0. The first kappa shape index (κ1) is 12.2. The van der Waals surface area contributed by atoms with Gasteiger partial charge in [-0.3, -0.25) is 9.97 Å². The lowest BCUT2D eigenvalue weighted by Gasteiger charge is -2.11. The fraction of sp³-hybridized carbons (Fsp3) is 0.125. The Morgan fingerprint density at radius 3 is 2.32 bits per heavy atom. The van der Waals surface area contributed by atoms with Crippen LogP contribution in [-0.2, 0) is 0 Å². The molecule has 0 saturated carbocycles. The highest BCUT2D eigenvalue weighted by atomic mass is 32.2. The molecule has 94 valence electrons. The van der Waals surface area contributed by atoms with Crippen molar-refractivity contribution in [1.82, 2.24) is 9.97 Å². The van der Waals surface area contributed by atoms with E-state index >= 15 is 0 Å². The summed E-state index contributed by atoms with van der Waals surface area (Å²) in [6.45, 7) is 2.13. The van der Waals surface area contributed by atoms with Gasteiger partial charge < -0.3 is 0 Å². The van der Waals surface area contributed by atoms with Crippen LogP contribution in [0.25, 0.3) is 22.2 Å². The van der Waals surface area contributed by atoms with E-state index in [9.17, 15) is 0 Å². The van der Waals surface area contributed by atoms with Gasteiger partial charge in [0.05, 0.1) is 11.0 Å². The lowest BCUT2D eigenvalue weighted by molar-refractivity contribution is 1.28. The predicted molar refractivity (Wildman–Crippen MR) is 81.5 cm³/mol. The van der Waals surface area contributed by atoms with Crippen molar-refractivity contribution in [1.29, 1.82) is 0 Å². The van der Waals surface area contributed by atoms with Crippen LogP contribution in [0.2, 0.25) is 0 Å². The van der Waals surface area contributed by atoms with Crippen LogP contribution in [-0.4, -0.2) is 16.2 Å². The standard InChI is InChI=1S/C16H14N2S/c1-11-9-14-15(18-8-7-17-14)10-13(11)12-5-3-4-6-16(12)19-2/h3-10H,1-2H3. The van der Waals surface area contributed by atoms with Crippen LogP contribution in [0.15, 0.2) is 53.7 Å².